The molecule has 16 heteroatoms. The van der Waals surface area contributed by atoms with E-state index in [9.17, 15) is 36.0 Å². The molecule has 2 amide bonds. The van der Waals surface area contributed by atoms with Gasteiger partial charge in [0.1, 0.15) is 0 Å². The van der Waals surface area contributed by atoms with Gasteiger partial charge < -0.3 is 25.1 Å². The van der Waals surface area contributed by atoms with Crippen molar-refractivity contribution in [2.75, 3.05) is 25.7 Å². The minimum absolute atomic E-state index is 0.0406. The third-order valence-electron chi connectivity index (χ3n) is 12.2. The Kier molecular flexibility index (Phi) is 14.3. The van der Waals surface area contributed by atoms with E-state index in [2.05, 4.69) is 15.6 Å². The van der Waals surface area contributed by atoms with E-state index in [-0.39, 0.29) is 71.1 Å². The van der Waals surface area contributed by atoms with Crippen molar-refractivity contribution >= 4 is 61.3 Å². The highest BCUT2D eigenvalue weighted by Crippen LogP contribution is 2.36. The van der Waals surface area contributed by atoms with E-state index in [0.29, 0.717) is 67.6 Å². The molecule has 2 aromatic carbocycles. The van der Waals surface area contributed by atoms with Crippen LogP contribution >= 0.6 is 0 Å². The lowest BCUT2D eigenvalue weighted by Gasteiger charge is -2.13. The summed E-state index contributed by atoms with van der Waals surface area (Å²) in [5.74, 6) is -2.91. The molecule has 6 rings (SSSR count). The molecule has 3 aromatic rings. The second-order valence-corrected chi connectivity index (χ2v) is 20.6. The Bertz CT molecular complexity index is 2820. The first kappa shape index (κ1) is 47.4. The number of H-pyrrole nitrogens is 1. The van der Waals surface area contributed by atoms with Gasteiger partial charge in [0.2, 0.25) is 5.91 Å². The number of carbonyl (C=O) groups excluding carboxylic acids is 4. The number of aryl methyl sites for hydroxylation is 2. The minimum atomic E-state index is -3.66. The van der Waals surface area contributed by atoms with Crippen molar-refractivity contribution < 1.29 is 45.5 Å². The fourth-order valence-corrected chi connectivity index (χ4v) is 10.6. The largest absolute Gasteiger partial charge is 0.469 e. The zero-order valence-corrected chi connectivity index (χ0v) is 38.9. The van der Waals surface area contributed by atoms with E-state index in [0.717, 1.165) is 11.1 Å². The van der Waals surface area contributed by atoms with Crippen molar-refractivity contribution in [3.63, 3.8) is 0 Å². The van der Waals surface area contributed by atoms with Gasteiger partial charge in [0, 0.05) is 46.6 Å². The molecule has 3 N–H and O–H groups in total. The molecule has 1 fully saturated rings. The first-order chi connectivity index (χ1) is 30.2. The zero-order chi connectivity index (χ0) is 46.7. The van der Waals surface area contributed by atoms with Gasteiger partial charge in [-0.3, -0.25) is 19.2 Å². The first-order valence-corrected chi connectivity index (χ1v) is 24.2. The van der Waals surface area contributed by atoms with Crippen LogP contribution in [0, 0.1) is 32.6 Å². The van der Waals surface area contributed by atoms with E-state index >= 15 is 0 Å². The van der Waals surface area contributed by atoms with Gasteiger partial charge in [0.15, 0.2) is 19.7 Å². The van der Waals surface area contributed by atoms with Crippen molar-refractivity contribution in [1.29, 1.82) is 0 Å². The Labute approximate surface area is 374 Å². The fraction of sp³-hybridized carbons (Fsp3) is 0.354. The molecule has 3 aliphatic rings. The lowest BCUT2D eigenvalue weighted by atomic mass is 9.92. The maximum absolute atomic E-state index is 13.3. The van der Waals surface area contributed by atoms with Crippen LogP contribution in [-0.2, 0) is 54.7 Å². The number of hydrogen-bond donors (Lipinski definition) is 3. The monoisotopic (exact) mass is 910 g/mol. The summed E-state index contributed by atoms with van der Waals surface area (Å²) in [5, 5.41) is 5.82. The summed E-state index contributed by atoms with van der Waals surface area (Å²) >= 11 is 0. The molecule has 0 radical (unpaired) electrons. The Morgan fingerprint density at radius 1 is 0.719 bits per heavy atom. The summed E-state index contributed by atoms with van der Waals surface area (Å²) in [7, 11) is -4.69. The van der Waals surface area contributed by atoms with E-state index in [1.165, 1.54) is 14.2 Å². The SMILES string of the molecule is COC(=O)CCC1=C(C)C(/C=C2\NC(=O)C(C)=C2CCS(=O)(=O)c2ccc(C)cc2)=NC/1=C\c1[nH]c(/C=C2\NC(=O)C(CCS(=O)(=O)c3ccc(C)cc3)C2C)c(C)c1CC(=O)OC. The topological polar surface area (TPSA) is 207 Å². The van der Waals surface area contributed by atoms with E-state index in [4.69, 9.17) is 14.5 Å². The quantitative estimate of drug-likeness (QED) is 0.133. The van der Waals surface area contributed by atoms with Crippen LogP contribution in [0.5, 0.6) is 0 Å². The number of aromatic amines is 1. The Hall–Kier alpha value is -6.13. The van der Waals surface area contributed by atoms with Gasteiger partial charge in [-0.15, -0.1) is 0 Å². The van der Waals surface area contributed by atoms with Gasteiger partial charge in [0.05, 0.1) is 53.3 Å². The maximum Gasteiger partial charge on any atom is 0.310 e. The predicted octanol–water partition coefficient (Wildman–Crippen LogP) is 6.50. The number of aliphatic imine (C=N–C) groups is 1. The number of rotatable bonds is 16. The predicted molar refractivity (Wildman–Crippen MR) is 244 cm³/mol. The number of esters is 2. The zero-order valence-electron chi connectivity index (χ0n) is 37.3. The second kappa shape index (κ2) is 19.3. The number of nitrogens with one attached hydrogen (secondary N) is 3. The number of aromatic nitrogens is 1. The molecule has 14 nitrogen and oxygen atoms in total. The third kappa shape index (κ3) is 10.5. The molecule has 0 saturated carbocycles. The number of carbonyl (C=O) groups is 4. The highest BCUT2D eigenvalue weighted by Gasteiger charge is 2.37. The molecule has 64 heavy (non-hydrogen) atoms. The normalized spacial score (nSPS) is 19.8. The van der Waals surface area contributed by atoms with Crippen LogP contribution in [0.4, 0.5) is 0 Å². The lowest BCUT2D eigenvalue weighted by Crippen LogP contribution is -2.22. The number of nitrogens with zero attached hydrogens (tertiary/aromatic N) is 1. The highest BCUT2D eigenvalue weighted by atomic mass is 32.2. The second-order valence-electron chi connectivity index (χ2n) is 16.4. The molecule has 338 valence electrons. The molecule has 2 unspecified atom stereocenters. The molecule has 3 aliphatic heterocycles. The summed E-state index contributed by atoms with van der Waals surface area (Å²) < 4.78 is 62.9. The Morgan fingerprint density at radius 2 is 1.31 bits per heavy atom. The fourth-order valence-electron chi connectivity index (χ4n) is 8.01. The van der Waals surface area contributed by atoms with Crippen LogP contribution in [0.2, 0.25) is 0 Å². The third-order valence-corrected chi connectivity index (χ3v) is 15.7. The minimum Gasteiger partial charge on any atom is -0.469 e. The van der Waals surface area contributed by atoms with Gasteiger partial charge in [-0.1, -0.05) is 42.3 Å². The molecule has 0 spiro atoms. The number of sulfone groups is 2. The van der Waals surface area contributed by atoms with Crippen molar-refractivity contribution in [3.05, 3.63) is 128 Å². The Morgan fingerprint density at radius 3 is 1.91 bits per heavy atom. The molecular weight excluding hydrogens is 857 g/mol. The van der Waals surface area contributed by atoms with Gasteiger partial charge in [-0.25, -0.2) is 21.8 Å². The van der Waals surface area contributed by atoms with Gasteiger partial charge >= 0.3 is 11.9 Å². The van der Waals surface area contributed by atoms with Crippen LogP contribution in [0.15, 0.2) is 109 Å². The van der Waals surface area contributed by atoms with E-state index in [1.54, 1.807) is 73.7 Å². The van der Waals surface area contributed by atoms with Crippen molar-refractivity contribution in [1.82, 2.24) is 15.6 Å². The summed E-state index contributed by atoms with van der Waals surface area (Å²) in [6.07, 6.45) is 5.65. The summed E-state index contributed by atoms with van der Waals surface area (Å²) in [5.41, 5.74) is 8.64. The smallest absolute Gasteiger partial charge is 0.310 e. The van der Waals surface area contributed by atoms with E-state index < -0.39 is 37.5 Å². The number of methoxy groups -OCH3 is 2. The van der Waals surface area contributed by atoms with Gasteiger partial charge in [0.25, 0.3) is 5.91 Å². The van der Waals surface area contributed by atoms with Crippen LogP contribution < -0.4 is 10.6 Å². The average molecular weight is 911 g/mol. The number of allylic oxidation sites excluding steroid dienone is 5. The maximum atomic E-state index is 13.3. The van der Waals surface area contributed by atoms with E-state index in [1.807, 2.05) is 34.6 Å². The molecule has 0 bridgehead atoms. The molecule has 0 aliphatic carbocycles. The highest BCUT2D eigenvalue weighted by molar-refractivity contribution is 7.91. The summed E-state index contributed by atoms with van der Waals surface area (Å²) in [6.45, 7) is 10.9. The Balaban J connectivity index is 1.33. The van der Waals surface area contributed by atoms with Crippen LogP contribution in [0.3, 0.4) is 0 Å². The lowest BCUT2D eigenvalue weighted by molar-refractivity contribution is -0.141. The van der Waals surface area contributed by atoms with Crippen molar-refractivity contribution in [3.8, 4) is 0 Å². The number of hydrogen-bond acceptors (Lipinski definition) is 11. The summed E-state index contributed by atoms with van der Waals surface area (Å²) in [4.78, 5) is 60.3. The number of benzene rings is 2. The molecule has 1 saturated heterocycles. The average Bonchev–Trinajstić information content (AvgIpc) is 3.90. The van der Waals surface area contributed by atoms with Crippen LogP contribution in [-0.4, -0.2) is 77.0 Å². The standard InChI is InChI=1S/C48H54N4O10S2/c1-27-9-13-33(14-10-27)63(57,58)21-19-36-32(6)47(55)52-43(36)25-40-29(3)35(17-18-45(53)61-7)42(49-40)26-44-38(23-46(54)62-8)31(5)39(50-44)24-41-30(4)37(48(56)51-41)20-22-64(59,60)34-15-11-28(2)12-16-34/h9-16,24-26,30,37,50H,17-23H2,1-8H3,(H,51,56)(H,52,55)/b41-24-,42-26-,43-25-. The van der Waals surface area contributed by atoms with Crippen molar-refractivity contribution in [2.45, 2.75) is 83.4 Å². The first-order valence-electron chi connectivity index (χ1n) is 20.9. The van der Waals surface area contributed by atoms with Crippen LogP contribution in [0.25, 0.3) is 12.2 Å². The van der Waals surface area contributed by atoms with Gasteiger partial charge in [-0.05, 0) is 124 Å². The van der Waals surface area contributed by atoms with Gasteiger partial charge in [-0.2, -0.15) is 0 Å². The number of ether oxygens (including phenoxy) is 2. The molecule has 2 atom stereocenters. The number of amides is 2. The summed E-state index contributed by atoms with van der Waals surface area (Å²) in [6, 6.07) is 13.2. The molecular formula is C48H54N4O10S2. The van der Waals surface area contributed by atoms with Crippen molar-refractivity contribution in [2.24, 2.45) is 16.8 Å². The molecule has 4 heterocycles. The van der Waals surface area contributed by atoms with Crippen LogP contribution in [0.1, 0.15) is 80.1 Å². The molecule has 1 aromatic heterocycles.